The molecule has 7 nitrogen and oxygen atoms in total. The van der Waals surface area contributed by atoms with Gasteiger partial charge in [0.05, 0.1) is 25.1 Å². The van der Waals surface area contributed by atoms with E-state index in [-0.39, 0.29) is 12.5 Å². The third-order valence-corrected chi connectivity index (χ3v) is 5.33. The van der Waals surface area contributed by atoms with E-state index in [4.69, 9.17) is 9.47 Å². The molecule has 0 spiro atoms. The van der Waals surface area contributed by atoms with Crippen molar-refractivity contribution in [1.29, 1.82) is 0 Å². The van der Waals surface area contributed by atoms with E-state index in [0.717, 1.165) is 12.0 Å². The van der Waals surface area contributed by atoms with Crippen LogP contribution >= 0.6 is 0 Å². The Bertz CT molecular complexity index is 880. The van der Waals surface area contributed by atoms with Gasteiger partial charge >= 0.3 is 0 Å². The van der Waals surface area contributed by atoms with E-state index in [1.54, 1.807) is 55.6 Å². The van der Waals surface area contributed by atoms with Crippen LogP contribution in [0.1, 0.15) is 29.3 Å². The minimum absolute atomic E-state index is 0.167. The number of sulfonamides is 1. The fraction of sp³-hybridized carbons (Fsp3) is 0.381. The second-order valence-electron chi connectivity index (χ2n) is 6.50. The summed E-state index contributed by atoms with van der Waals surface area (Å²) in [5, 5.41) is 2.82. The molecule has 8 heteroatoms. The zero-order chi connectivity index (χ0) is 21.3. The molecule has 1 N–H and O–H groups in total. The molecule has 2 aromatic carbocycles. The molecule has 0 aliphatic rings. The van der Waals surface area contributed by atoms with Crippen LogP contribution in [0.15, 0.2) is 48.5 Å². The van der Waals surface area contributed by atoms with Crippen molar-refractivity contribution >= 4 is 21.6 Å². The van der Waals surface area contributed by atoms with Gasteiger partial charge in [-0.05, 0) is 55.3 Å². The molecule has 1 amide bonds. The van der Waals surface area contributed by atoms with Crippen LogP contribution in [-0.2, 0) is 21.3 Å². The Kier molecular flexibility index (Phi) is 8.48. The third-order valence-electron chi connectivity index (χ3n) is 4.19. The fourth-order valence-corrected chi connectivity index (χ4v) is 3.61. The first-order chi connectivity index (χ1) is 13.8. The van der Waals surface area contributed by atoms with Crippen molar-refractivity contribution in [3.8, 4) is 5.75 Å². The van der Waals surface area contributed by atoms with Gasteiger partial charge in [0.25, 0.3) is 5.91 Å². The molecule has 2 aromatic rings. The maximum atomic E-state index is 12.3. The lowest BCUT2D eigenvalue weighted by molar-refractivity contribution is 0.0948. The van der Waals surface area contributed by atoms with Gasteiger partial charge in [0.15, 0.2) is 0 Å². The van der Waals surface area contributed by atoms with E-state index in [9.17, 15) is 13.2 Å². The van der Waals surface area contributed by atoms with Gasteiger partial charge in [-0.15, -0.1) is 0 Å². The average Bonchev–Trinajstić information content (AvgIpc) is 2.70. The molecule has 0 aliphatic carbocycles. The van der Waals surface area contributed by atoms with E-state index < -0.39 is 10.0 Å². The first kappa shape index (κ1) is 22.7. The molecule has 0 atom stereocenters. The highest BCUT2D eigenvalue weighted by Crippen LogP contribution is 2.24. The molecule has 0 radical (unpaired) electrons. The van der Waals surface area contributed by atoms with E-state index in [0.29, 0.717) is 36.8 Å². The predicted molar refractivity (Wildman–Crippen MR) is 114 cm³/mol. The monoisotopic (exact) mass is 420 g/mol. The standard InChI is InChI=1S/C21H28N2O5S/c1-4-28-20-12-10-19(11-13-20)23(29(3,25)26)16-17-6-8-18(9-7-17)21(24)22-14-5-15-27-2/h6-13H,4-5,14-16H2,1-3H3,(H,22,24). The Morgan fingerprint density at radius 2 is 1.72 bits per heavy atom. The minimum atomic E-state index is -3.48. The van der Waals surface area contributed by atoms with Crippen LogP contribution in [0.3, 0.4) is 0 Å². The molecule has 0 fully saturated rings. The van der Waals surface area contributed by atoms with Crippen molar-refractivity contribution in [3.05, 3.63) is 59.7 Å². The molecule has 158 valence electrons. The molecule has 29 heavy (non-hydrogen) atoms. The summed E-state index contributed by atoms with van der Waals surface area (Å²) in [5.41, 5.74) is 1.86. The highest BCUT2D eigenvalue weighted by Gasteiger charge is 2.18. The Labute approximate surface area is 172 Å². The van der Waals surface area contributed by atoms with Gasteiger partial charge < -0.3 is 14.8 Å². The summed E-state index contributed by atoms with van der Waals surface area (Å²) >= 11 is 0. The van der Waals surface area contributed by atoms with Gasteiger partial charge in [-0.1, -0.05) is 12.1 Å². The third kappa shape index (κ3) is 7.07. The lowest BCUT2D eigenvalue weighted by Crippen LogP contribution is -2.29. The van der Waals surface area contributed by atoms with Crippen molar-refractivity contribution in [2.75, 3.05) is 37.4 Å². The lowest BCUT2D eigenvalue weighted by atomic mass is 10.1. The fourth-order valence-electron chi connectivity index (χ4n) is 2.72. The number of amides is 1. The number of benzene rings is 2. The Morgan fingerprint density at radius 3 is 2.28 bits per heavy atom. The van der Waals surface area contributed by atoms with E-state index in [1.165, 1.54) is 10.6 Å². The summed E-state index contributed by atoms with van der Waals surface area (Å²) in [6, 6.07) is 13.8. The van der Waals surface area contributed by atoms with E-state index in [2.05, 4.69) is 5.32 Å². The topological polar surface area (TPSA) is 84.9 Å². The maximum Gasteiger partial charge on any atom is 0.251 e. The zero-order valence-corrected chi connectivity index (χ0v) is 17.9. The molecule has 0 aliphatic heterocycles. The number of nitrogens with zero attached hydrogens (tertiary/aromatic N) is 1. The Balaban J connectivity index is 2.09. The molecule has 0 heterocycles. The largest absolute Gasteiger partial charge is 0.494 e. The highest BCUT2D eigenvalue weighted by molar-refractivity contribution is 7.92. The summed E-state index contributed by atoms with van der Waals surface area (Å²) in [5.74, 6) is 0.518. The first-order valence-electron chi connectivity index (χ1n) is 9.41. The van der Waals surface area contributed by atoms with Crippen molar-refractivity contribution in [3.63, 3.8) is 0 Å². The molecular formula is C21H28N2O5S. The first-order valence-corrected chi connectivity index (χ1v) is 11.3. The molecular weight excluding hydrogens is 392 g/mol. The zero-order valence-electron chi connectivity index (χ0n) is 17.1. The number of carbonyl (C=O) groups is 1. The van der Waals surface area contributed by atoms with Crippen LogP contribution in [0.2, 0.25) is 0 Å². The van der Waals surface area contributed by atoms with Crippen molar-refractivity contribution in [1.82, 2.24) is 5.32 Å². The van der Waals surface area contributed by atoms with E-state index in [1.807, 2.05) is 6.92 Å². The maximum absolute atomic E-state index is 12.3. The van der Waals surface area contributed by atoms with Gasteiger partial charge in [0.2, 0.25) is 10.0 Å². The van der Waals surface area contributed by atoms with Crippen LogP contribution in [0, 0.1) is 0 Å². The second kappa shape index (κ2) is 10.8. The van der Waals surface area contributed by atoms with Crippen LogP contribution in [0.25, 0.3) is 0 Å². The number of hydrogen-bond donors (Lipinski definition) is 1. The Morgan fingerprint density at radius 1 is 1.07 bits per heavy atom. The number of nitrogens with one attached hydrogen (secondary N) is 1. The summed E-state index contributed by atoms with van der Waals surface area (Å²) in [6.45, 7) is 3.73. The van der Waals surface area contributed by atoms with Crippen LogP contribution < -0.4 is 14.4 Å². The van der Waals surface area contributed by atoms with Gasteiger partial charge in [-0.2, -0.15) is 0 Å². The Hall–Kier alpha value is -2.58. The highest BCUT2D eigenvalue weighted by atomic mass is 32.2. The predicted octanol–water partition coefficient (Wildman–Crippen LogP) is 2.82. The molecule has 0 aromatic heterocycles. The van der Waals surface area contributed by atoms with Crippen molar-refractivity contribution in [2.45, 2.75) is 19.9 Å². The number of carbonyl (C=O) groups excluding carboxylic acids is 1. The summed E-state index contributed by atoms with van der Waals surface area (Å²) in [6.07, 6.45) is 1.91. The number of anilines is 1. The van der Waals surface area contributed by atoms with Gasteiger partial charge in [-0.3, -0.25) is 9.10 Å². The second-order valence-corrected chi connectivity index (χ2v) is 8.40. The number of hydrogen-bond acceptors (Lipinski definition) is 5. The normalized spacial score (nSPS) is 11.1. The van der Waals surface area contributed by atoms with Gasteiger partial charge in [0, 0.05) is 25.8 Å². The van der Waals surface area contributed by atoms with Crippen LogP contribution in [-0.4, -0.2) is 47.4 Å². The average molecular weight is 421 g/mol. The lowest BCUT2D eigenvalue weighted by Gasteiger charge is -2.23. The molecule has 0 saturated heterocycles. The number of rotatable bonds is 11. The van der Waals surface area contributed by atoms with Gasteiger partial charge in [0.1, 0.15) is 5.75 Å². The van der Waals surface area contributed by atoms with Crippen LogP contribution in [0.4, 0.5) is 5.69 Å². The number of ether oxygens (including phenoxy) is 2. The summed E-state index contributed by atoms with van der Waals surface area (Å²) in [4.78, 5) is 12.1. The SMILES string of the molecule is CCOc1ccc(N(Cc2ccc(C(=O)NCCCOC)cc2)S(C)(=O)=O)cc1. The van der Waals surface area contributed by atoms with E-state index >= 15 is 0 Å². The number of methoxy groups -OCH3 is 1. The van der Waals surface area contributed by atoms with Crippen molar-refractivity contribution < 1.29 is 22.7 Å². The summed E-state index contributed by atoms with van der Waals surface area (Å²) < 4.78 is 36.3. The van der Waals surface area contributed by atoms with Crippen molar-refractivity contribution in [2.24, 2.45) is 0 Å². The minimum Gasteiger partial charge on any atom is -0.494 e. The van der Waals surface area contributed by atoms with Gasteiger partial charge in [-0.25, -0.2) is 8.42 Å². The van der Waals surface area contributed by atoms with Crippen LogP contribution in [0.5, 0.6) is 5.75 Å². The quantitative estimate of drug-likeness (QED) is 0.565. The molecule has 0 bridgehead atoms. The molecule has 0 saturated carbocycles. The summed E-state index contributed by atoms with van der Waals surface area (Å²) in [7, 11) is -1.87. The smallest absolute Gasteiger partial charge is 0.251 e. The molecule has 2 rings (SSSR count). The molecule has 0 unspecified atom stereocenters.